The molecule has 0 aliphatic heterocycles. The summed E-state index contributed by atoms with van der Waals surface area (Å²) < 4.78 is 27.2. The molecule has 5 heteroatoms. The first-order chi connectivity index (χ1) is 13.0. The molecule has 0 saturated heterocycles. The Hall–Kier alpha value is -3.31. The van der Waals surface area contributed by atoms with Gasteiger partial charge in [-0.3, -0.25) is 0 Å². The van der Waals surface area contributed by atoms with Gasteiger partial charge in [0.25, 0.3) is 10.0 Å². The Kier molecular flexibility index (Phi) is 4.09. The van der Waals surface area contributed by atoms with E-state index < -0.39 is 10.0 Å². The van der Waals surface area contributed by atoms with E-state index >= 15 is 0 Å². The highest BCUT2D eigenvalue weighted by Crippen LogP contribution is 2.35. The number of nitrogens with zero attached hydrogens (tertiary/aromatic N) is 1. The van der Waals surface area contributed by atoms with Crippen LogP contribution in [-0.4, -0.2) is 17.5 Å². The van der Waals surface area contributed by atoms with Gasteiger partial charge in [0, 0.05) is 11.6 Å². The van der Waals surface area contributed by atoms with Gasteiger partial charge in [0.1, 0.15) is 11.3 Å². The fourth-order valence-corrected chi connectivity index (χ4v) is 4.56. The maximum absolute atomic E-state index is 13.0. The fourth-order valence-electron chi connectivity index (χ4n) is 3.18. The summed E-state index contributed by atoms with van der Waals surface area (Å²) in [5, 5.41) is 11.0. The second kappa shape index (κ2) is 6.45. The molecule has 4 rings (SSSR count). The maximum Gasteiger partial charge on any atom is 0.268 e. The second-order valence-corrected chi connectivity index (χ2v) is 7.98. The van der Waals surface area contributed by atoms with Crippen molar-refractivity contribution >= 4 is 26.5 Å². The molecule has 0 spiro atoms. The molecule has 0 unspecified atom stereocenters. The van der Waals surface area contributed by atoms with Crippen molar-refractivity contribution < 1.29 is 13.5 Å². The lowest BCUT2D eigenvalue weighted by molar-refractivity contribution is 0.479. The third-order valence-electron chi connectivity index (χ3n) is 4.54. The van der Waals surface area contributed by atoms with Crippen molar-refractivity contribution in [3.05, 3.63) is 103 Å². The van der Waals surface area contributed by atoms with Gasteiger partial charge in [0.15, 0.2) is 0 Å². The number of phenols is 1. The Bertz CT molecular complexity index is 1240. The molecule has 0 aliphatic carbocycles. The second-order valence-electron chi connectivity index (χ2n) is 6.17. The molecule has 1 aromatic heterocycles. The number of benzene rings is 3. The molecule has 27 heavy (non-hydrogen) atoms. The van der Waals surface area contributed by atoms with Gasteiger partial charge in [-0.15, -0.1) is 0 Å². The Balaban J connectivity index is 1.93. The summed E-state index contributed by atoms with van der Waals surface area (Å²) in [7, 11) is -3.82. The summed E-state index contributed by atoms with van der Waals surface area (Å²) in [6.45, 7) is 4.16. The first-order valence-corrected chi connectivity index (χ1v) is 9.82. The van der Waals surface area contributed by atoms with Crippen molar-refractivity contribution in [2.75, 3.05) is 0 Å². The van der Waals surface area contributed by atoms with Crippen LogP contribution in [0.4, 0.5) is 0 Å². The maximum atomic E-state index is 13.0. The number of fused-ring (bicyclic) bond motifs is 1. The van der Waals surface area contributed by atoms with Crippen LogP contribution in [0, 0.1) is 0 Å². The van der Waals surface area contributed by atoms with Gasteiger partial charge in [0.05, 0.1) is 4.90 Å². The lowest BCUT2D eigenvalue weighted by Crippen LogP contribution is -2.11. The van der Waals surface area contributed by atoms with E-state index in [-0.39, 0.29) is 16.2 Å². The summed E-state index contributed by atoms with van der Waals surface area (Å²) in [5.41, 5.74) is 2.71. The molecule has 1 N–H and O–H groups in total. The van der Waals surface area contributed by atoms with Crippen molar-refractivity contribution in [3.8, 4) is 5.75 Å². The van der Waals surface area contributed by atoms with E-state index in [1.165, 1.54) is 24.4 Å². The SMILES string of the molecule is C=C(c1ccccc1)c1ccc(O)c2c1ccn2S(=O)(=O)c1ccccc1. The van der Waals surface area contributed by atoms with Gasteiger partial charge in [-0.25, -0.2) is 12.4 Å². The lowest BCUT2D eigenvalue weighted by atomic mass is 9.96. The van der Waals surface area contributed by atoms with E-state index in [9.17, 15) is 13.5 Å². The van der Waals surface area contributed by atoms with Crippen molar-refractivity contribution in [2.45, 2.75) is 4.90 Å². The molecule has 0 saturated carbocycles. The topological polar surface area (TPSA) is 59.3 Å². The van der Waals surface area contributed by atoms with E-state index in [0.717, 1.165) is 20.7 Å². The molecular formula is C22H17NO3S. The molecular weight excluding hydrogens is 358 g/mol. The van der Waals surface area contributed by atoms with E-state index in [0.29, 0.717) is 5.39 Å². The monoisotopic (exact) mass is 375 g/mol. The fraction of sp³-hybridized carbons (Fsp3) is 0. The number of phenolic OH excluding ortho intramolecular Hbond substituents is 1. The summed E-state index contributed by atoms with van der Waals surface area (Å²) >= 11 is 0. The summed E-state index contributed by atoms with van der Waals surface area (Å²) in [6.07, 6.45) is 1.47. The van der Waals surface area contributed by atoms with Gasteiger partial charge in [-0.2, -0.15) is 0 Å². The minimum atomic E-state index is -3.82. The number of hydrogen-bond donors (Lipinski definition) is 1. The van der Waals surface area contributed by atoms with Crippen LogP contribution in [0.25, 0.3) is 16.5 Å². The minimum absolute atomic E-state index is 0.0980. The molecule has 134 valence electrons. The Morgan fingerprint density at radius 1 is 0.852 bits per heavy atom. The molecule has 0 radical (unpaired) electrons. The molecule has 0 atom stereocenters. The van der Waals surface area contributed by atoms with Crippen molar-refractivity contribution in [2.24, 2.45) is 0 Å². The number of rotatable bonds is 4. The largest absolute Gasteiger partial charge is 0.506 e. The smallest absolute Gasteiger partial charge is 0.268 e. The molecule has 4 aromatic rings. The molecule has 0 fully saturated rings. The van der Waals surface area contributed by atoms with E-state index in [1.54, 1.807) is 30.3 Å². The van der Waals surface area contributed by atoms with Crippen molar-refractivity contribution in [3.63, 3.8) is 0 Å². The normalized spacial score (nSPS) is 11.6. The van der Waals surface area contributed by atoms with Gasteiger partial charge in [0.2, 0.25) is 0 Å². The third-order valence-corrected chi connectivity index (χ3v) is 6.23. The van der Waals surface area contributed by atoms with Crippen LogP contribution in [0.5, 0.6) is 5.75 Å². The molecule has 3 aromatic carbocycles. The zero-order valence-electron chi connectivity index (χ0n) is 14.4. The van der Waals surface area contributed by atoms with Crippen LogP contribution in [0.2, 0.25) is 0 Å². The number of aromatic hydroxyl groups is 1. The van der Waals surface area contributed by atoms with Crippen LogP contribution >= 0.6 is 0 Å². The first kappa shape index (κ1) is 17.1. The summed E-state index contributed by atoms with van der Waals surface area (Å²) in [6, 6.07) is 22.8. The molecule has 0 bridgehead atoms. The van der Waals surface area contributed by atoms with E-state index in [1.807, 2.05) is 30.3 Å². The zero-order chi connectivity index (χ0) is 19.0. The highest BCUT2D eigenvalue weighted by atomic mass is 32.2. The van der Waals surface area contributed by atoms with Gasteiger partial charge < -0.3 is 5.11 Å². The first-order valence-electron chi connectivity index (χ1n) is 8.38. The Morgan fingerprint density at radius 2 is 1.48 bits per heavy atom. The quantitative estimate of drug-likeness (QED) is 0.565. The van der Waals surface area contributed by atoms with Gasteiger partial charge >= 0.3 is 0 Å². The zero-order valence-corrected chi connectivity index (χ0v) is 15.2. The van der Waals surface area contributed by atoms with Gasteiger partial charge in [-0.1, -0.05) is 55.1 Å². The van der Waals surface area contributed by atoms with Gasteiger partial charge in [-0.05, 0) is 47.0 Å². The van der Waals surface area contributed by atoms with Crippen molar-refractivity contribution in [1.29, 1.82) is 0 Å². The van der Waals surface area contributed by atoms with E-state index in [2.05, 4.69) is 6.58 Å². The lowest BCUT2D eigenvalue weighted by Gasteiger charge is -2.12. The minimum Gasteiger partial charge on any atom is -0.506 e. The average Bonchev–Trinajstić information content (AvgIpc) is 3.16. The molecule has 0 amide bonds. The predicted molar refractivity (Wildman–Crippen MR) is 107 cm³/mol. The van der Waals surface area contributed by atoms with Crippen LogP contribution in [0.3, 0.4) is 0 Å². The average molecular weight is 375 g/mol. The van der Waals surface area contributed by atoms with Crippen LogP contribution in [0.15, 0.2) is 96.5 Å². The summed E-state index contributed by atoms with van der Waals surface area (Å²) in [5.74, 6) is -0.0980. The Morgan fingerprint density at radius 3 is 2.15 bits per heavy atom. The molecule has 0 aliphatic rings. The predicted octanol–water partition coefficient (Wildman–Crippen LogP) is 4.65. The number of hydrogen-bond acceptors (Lipinski definition) is 3. The molecule has 4 nitrogen and oxygen atoms in total. The molecule has 1 heterocycles. The van der Waals surface area contributed by atoms with Crippen LogP contribution < -0.4 is 0 Å². The highest BCUT2D eigenvalue weighted by molar-refractivity contribution is 7.90. The highest BCUT2D eigenvalue weighted by Gasteiger charge is 2.22. The van der Waals surface area contributed by atoms with Crippen molar-refractivity contribution in [1.82, 2.24) is 3.97 Å². The standard InChI is InChI=1S/C22H17NO3S/c1-16(17-8-4-2-5-9-17)19-12-13-21(24)22-20(19)14-15-23(22)27(25,26)18-10-6-3-7-11-18/h2-15,24H,1H2. The summed E-state index contributed by atoms with van der Waals surface area (Å²) in [4.78, 5) is 0.161. The van der Waals surface area contributed by atoms with Crippen LogP contribution in [-0.2, 0) is 10.0 Å². The number of aromatic nitrogens is 1. The van der Waals surface area contributed by atoms with E-state index in [4.69, 9.17) is 0 Å². The Labute approximate surface area is 157 Å². The van der Waals surface area contributed by atoms with Crippen LogP contribution in [0.1, 0.15) is 11.1 Å². The third kappa shape index (κ3) is 2.82.